The van der Waals surface area contributed by atoms with E-state index in [0.29, 0.717) is 6.04 Å². The molecule has 112 valence electrons. The van der Waals surface area contributed by atoms with Crippen molar-refractivity contribution in [3.8, 4) is 0 Å². The van der Waals surface area contributed by atoms with Gasteiger partial charge in [0.2, 0.25) is 0 Å². The summed E-state index contributed by atoms with van der Waals surface area (Å²) in [6, 6.07) is 6.91. The Kier molecular flexibility index (Phi) is 5.19. The van der Waals surface area contributed by atoms with E-state index in [-0.39, 0.29) is 6.10 Å². The van der Waals surface area contributed by atoms with Gasteiger partial charge in [-0.25, -0.2) is 0 Å². The Labute approximate surface area is 123 Å². The van der Waals surface area contributed by atoms with Crippen molar-refractivity contribution in [2.45, 2.75) is 39.8 Å². The summed E-state index contributed by atoms with van der Waals surface area (Å²) in [4.78, 5) is 4.89. The first-order chi connectivity index (χ1) is 9.51. The lowest BCUT2D eigenvalue weighted by Gasteiger charge is -2.40. The molecule has 1 aromatic carbocycles. The van der Waals surface area contributed by atoms with Gasteiger partial charge in [0, 0.05) is 32.2 Å². The van der Waals surface area contributed by atoms with Gasteiger partial charge in [-0.1, -0.05) is 30.7 Å². The summed E-state index contributed by atoms with van der Waals surface area (Å²) >= 11 is 0. The molecule has 0 bridgehead atoms. The number of aliphatic hydroxyl groups is 1. The fourth-order valence-electron chi connectivity index (χ4n) is 3.17. The van der Waals surface area contributed by atoms with Gasteiger partial charge in [-0.05, 0) is 38.4 Å². The SMILES string of the molecule is CCN1CCN(CC(O)c2cc(C)ccc2C)CC1C. The maximum atomic E-state index is 10.5. The van der Waals surface area contributed by atoms with Crippen LogP contribution in [0, 0.1) is 13.8 Å². The van der Waals surface area contributed by atoms with Crippen molar-refractivity contribution in [2.24, 2.45) is 0 Å². The van der Waals surface area contributed by atoms with Crippen molar-refractivity contribution in [1.29, 1.82) is 0 Å². The minimum atomic E-state index is -0.379. The first-order valence-corrected chi connectivity index (χ1v) is 7.73. The molecule has 0 saturated carbocycles. The number of β-amino-alcohol motifs (C(OH)–C–C–N with tert-alkyl or cyclic N) is 1. The summed E-state index contributed by atoms with van der Waals surface area (Å²) in [5, 5.41) is 10.5. The highest BCUT2D eigenvalue weighted by Gasteiger charge is 2.24. The zero-order valence-corrected chi connectivity index (χ0v) is 13.3. The Morgan fingerprint density at radius 1 is 1.30 bits per heavy atom. The molecule has 1 aromatic rings. The summed E-state index contributed by atoms with van der Waals surface area (Å²) in [6.45, 7) is 13.7. The predicted octanol–water partition coefficient (Wildman–Crippen LogP) is 2.36. The lowest BCUT2D eigenvalue weighted by molar-refractivity contribution is 0.0476. The standard InChI is InChI=1S/C17H28N2O/c1-5-19-9-8-18(11-15(19)4)12-17(20)16-10-13(2)6-7-14(16)3/h6-7,10,15,17,20H,5,8-9,11-12H2,1-4H3. The van der Waals surface area contributed by atoms with Crippen LogP contribution in [0.15, 0.2) is 18.2 Å². The molecule has 0 aromatic heterocycles. The number of piperazine rings is 1. The van der Waals surface area contributed by atoms with Gasteiger partial charge in [0.25, 0.3) is 0 Å². The van der Waals surface area contributed by atoms with E-state index in [0.717, 1.165) is 38.3 Å². The molecular formula is C17H28N2O. The molecule has 20 heavy (non-hydrogen) atoms. The quantitative estimate of drug-likeness (QED) is 0.914. The van der Waals surface area contributed by atoms with Gasteiger partial charge in [-0.2, -0.15) is 0 Å². The summed E-state index contributed by atoms with van der Waals surface area (Å²) in [7, 11) is 0. The number of nitrogens with zero attached hydrogens (tertiary/aromatic N) is 2. The van der Waals surface area contributed by atoms with E-state index in [4.69, 9.17) is 0 Å². The zero-order chi connectivity index (χ0) is 14.7. The molecule has 3 heteroatoms. The third-order valence-electron chi connectivity index (χ3n) is 4.48. The van der Waals surface area contributed by atoms with E-state index >= 15 is 0 Å². The van der Waals surface area contributed by atoms with E-state index < -0.39 is 0 Å². The molecule has 2 atom stereocenters. The highest BCUT2D eigenvalue weighted by Crippen LogP contribution is 2.21. The predicted molar refractivity (Wildman–Crippen MR) is 84.0 cm³/mol. The Balaban J connectivity index is 1.98. The molecule has 1 aliphatic rings. The Morgan fingerprint density at radius 3 is 2.70 bits per heavy atom. The van der Waals surface area contributed by atoms with E-state index in [2.05, 4.69) is 55.7 Å². The number of aliphatic hydroxyl groups excluding tert-OH is 1. The molecule has 1 aliphatic heterocycles. The van der Waals surface area contributed by atoms with Crippen LogP contribution in [0.4, 0.5) is 0 Å². The Morgan fingerprint density at radius 2 is 2.05 bits per heavy atom. The van der Waals surface area contributed by atoms with Crippen LogP contribution in [0.1, 0.15) is 36.6 Å². The maximum absolute atomic E-state index is 10.5. The molecule has 1 fully saturated rings. The van der Waals surface area contributed by atoms with Crippen LogP contribution >= 0.6 is 0 Å². The van der Waals surface area contributed by atoms with Crippen LogP contribution in [0.2, 0.25) is 0 Å². The monoisotopic (exact) mass is 276 g/mol. The second-order valence-corrected chi connectivity index (χ2v) is 6.11. The Bertz CT molecular complexity index is 447. The van der Waals surface area contributed by atoms with Crippen LogP contribution in [0.5, 0.6) is 0 Å². The average Bonchev–Trinajstić information content (AvgIpc) is 2.41. The largest absolute Gasteiger partial charge is 0.387 e. The minimum absolute atomic E-state index is 0.379. The molecule has 1 saturated heterocycles. The van der Waals surface area contributed by atoms with Gasteiger partial charge in [-0.15, -0.1) is 0 Å². The molecular weight excluding hydrogens is 248 g/mol. The van der Waals surface area contributed by atoms with Crippen molar-refractivity contribution < 1.29 is 5.11 Å². The number of aryl methyl sites for hydroxylation is 2. The highest BCUT2D eigenvalue weighted by molar-refractivity contribution is 5.32. The number of hydrogen-bond donors (Lipinski definition) is 1. The van der Waals surface area contributed by atoms with Crippen LogP contribution in [-0.4, -0.2) is 53.7 Å². The van der Waals surface area contributed by atoms with E-state index in [1.165, 1.54) is 11.1 Å². The van der Waals surface area contributed by atoms with Gasteiger partial charge in [0.05, 0.1) is 6.10 Å². The van der Waals surface area contributed by atoms with Crippen LogP contribution in [0.3, 0.4) is 0 Å². The van der Waals surface area contributed by atoms with Crippen molar-refractivity contribution in [1.82, 2.24) is 9.80 Å². The number of benzene rings is 1. The van der Waals surface area contributed by atoms with Crippen molar-refractivity contribution in [3.05, 3.63) is 34.9 Å². The topological polar surface area (TPSA) is 26.7 Å². The molecule has 3 nitrogen and oxygen atoms in total. The minimum Gasteiger partial charge on any atom is -0.387 e. The van der Waals surface area contributed by atoms with Crippen LogP contribution in [-0.2, 0) is 0 Å². The van der Waals surface area contributed by atoms with Gasteiger partial charge in [0.1, 0.15) is 0 Å². The second kappa shape index (κ2) is 6.70. The summed E-state index contributed by atoms with van der Waals surface area (Å²) in [5.74, 6) is 0. The maximum Gasteiger partial charge on any atom is 0.0919 e. The van der Waals surface area contributed by atoms with E-state index in [1.807, 2.05) is 0 Å². The fraction of sp³-hybridized carbons (Fsp3) is 0.647. The summed E-state index contributed by atoms with van der Waals surface area (Å²) < 4.78 is 0. The summed E-state index contributed by atoms with van der Waals surface area (Å²) in [5.41, 5.74) is 3.48. The lowest BCUT2D eigenvalue weighted by Crippen LogP contribution is -2.52. The first kappa shape index (κ1) is 15.5. The molecule has 0 radical (unpaired) electrons. The van der Waals surface area contributed by atoms with E-state index in [1.54, 1.807) is 0 Å². The third kappa shape index (κ3) is 3.60. The highest BCUT2D eigenvalue weighted by atomic mass is 16.3. The number of rotatable bonds is 4. The van der Waals surface area contributed by atoms with Crippen molar-refractivity contribution >= 4 is 0 Å². The molecule has 2 rings (SSSR count). The molecule has 1 heterocycles. The van der Waals surface area contributed by atoms with Gasteiger partial charge in [0.15, 0.2) is 0 Å². The van der Waals surface area contributed by atoms with Gasteiger partial charge in [-0.3, -0.25) is 9.80 Å². The van der Waals surface area contributed by atoms with Crippen molar-refractivity contribution in [3.63, 3.8) is 0 Å². The van der Waals surface area contributed by atoms with Crippen LogP contribution in [0.25, 0.3) is 0 Å². The first-order valence-electron chi connectivity index (χ1n) is 7.73. The average molecular weight is 276 g/mol. The molecule has 0 spiro atoms. The lowest BCUT2D eigenvalue weighted by atomic mass is 10.00. The van der Waals surface area contributed by atoms with Crippen molar-refractivity contribution in [2.75, 3.05) is 32.7 Å². The third-order valence-corrected chi connectivity index (χ3v) is 4.48. The normalized spacial score (nSPS) is 22.9. The molecule has 2 unspecified atom stereocenters. The molecule has 0 amide bonds. The number of likely N-dealkylation sites (N-methyl/N-ethyl adjacent to an activating group) is 1. The second-order valence-electron chi connectivity index (χ2n) is 6.11. The number of hydrogen-bond acceptors (Lipinski definition) is 3. The van der Waals surface area contributed by atoms with Crippen LogP contribution < -0.4 is 0 Å². The summed E-state index contributed by atoms with van der Waals surface area (Å²) in [6.07, 6.45) is -0.379. The van der Waals surface area contributed by atoms with Gasteiger partial charge >= 0.3 is 0 Å². The Hall–Kier alpha value is -0.900. The smallest absolute Gasteiger partial charge is 0.0919 e. The molecule has 1 N–H and O–H groups in total. The molecule has 0 aliphatic carbocycles. The fourth-order valence-corrected chi connectivity index (χ4v) is 3.17. The zero-order valence-electron chi connectivity index (χ0n) is 13.3. The van der Waals surface area contributed by atoms with E-state index in [9.17, 15) is 5.11 Å². The van der Waals surface area contributed by atoms with Gasteiger partial charge < -0.3 is 5.11 Å².